The number of fused-ring (bicyclic) bond motifs is 3. The fourth-order valence-electron chi connectivity index (χ4n) is 4.31. The molecule has 5 atom stereocenters. The van der Waals surface area contributed by atoms with Crippen LogP contribution in [-0.4, -0.2) is 17.6 Å². The number of carbonyl (C=O) groups is 1. The molecule has 0 saturated heterocycles. The number of rotatable bonds is 3. The molecule has 0 aliphatic heterocycles. The van der Waals surface area contributed by atoms with E-state index in [0.717, 1.165) is 24.2 Å². The van der Waals surface area contributed by atoms with Crippen LogP contribution < -0.4 is 5.73 Å². The van der Waals surface area contributed by atoms with Gasteiger partial charge in [0.1, 0.15) is 0 Å². The van der Waals surface area contributed by atoms with Gasteiger partial charge in [-0.15, -0.1) is 0 Å². The third kappa shape index (κ3) is 0.937. The molecule has 0 amide bonds. The average molecular weight is 195 g/mol. The summed E-state index contributed by atoms with van der Waals surface area (Å²) in [5, 5.41) is 8.91. The molecule has 14 heavy (non-hydrogen) atoms. The van der Waals surface area contributed by atoms with Crippen LogP contribution in [0.5, 0.6) is 0 Å². The monoisotopic (exact) mass is 195 g/mol. The first kappa shape index (κ1) is 8.72. The van der Waals surface area contributed by atoms with Gasteiger partial charge in [0.25, 0.3) is 0 Å². The quantitative estimate of drug-likeness (QED) is 0.708. The SMILES string of the molecule is NC[C@]1(CC(=O)O)C[C@H]2CC3CC3[C@H]21. The lowest BCUT2D eigenvalue weighted by Gasteiger charge is -2.53. The zero-order valence-electron chi connectivity index (χ0n) is 8.28. The maximum Gasteiger partial charge on any atom is 0.303 e. The summed E-state index contributed by atoms with van der Waals surface area (Å²) in [4.78, 5) is 10.8. The molecule has 3 aliphatic carbocycles. The molecule has 0 aromatic heterocycles. The van der Waals surface area contributed by atoms with Gasteiger partial charge >= 0.3 is 5.97 Å². The van der Waals surface area contributed by atoms with Crippen molar-refractivity contribution in [1.82, 2.24) is 0 Å². The predicted octanol–water partition coefficient (Wildman–Crippen LogP) is 1.08. The number of carboxylic acid groups (broad SMARTS) is 1. The van der Waals surface area contributed by atoms with Gasteiger partial charge in [0.15, 0.2) is 0 Å². The van der Waals surface area contributed by atoms with Gasteiger partial charge in [-0.25, -0.2) is 0 Å². The zero-order valence-corrected chi connectivity index (χ0v) is 8.28. The van der Waals surface area contributed by atoms with Crippen molar-refractivity contribution >= 4 is 5.97 Å². The van der Waals surface area contributed by atoms with Crippen molar-refractivity contribution in [2.45, 2.75) is 25.7 Å². The Morgan fingerprint density at radius 3 is 2.79 bits per heavy atom. The van der Waals surface area contributed by atoms with E-state index in [1.165, 1.54) is 12.8 Å². The summed E-state index contributed by atoms with van der Waals surface area (Å²) in [6.07, 6.45) is 4.08. The smallest absolute Gasteiger partial charge is 0.303 e. The van der Waals surface area contributed by atoms with E-state index in [9.17, 15) is 4.79 Å². The van der Waals surface area contributed by atoms with Crippen molar-refractivity contribution in [1.29, 1.82) is 0 Å². The van der Waals surface area contributed by atoms with E-state index in [1.807, 2.05) is 0 Å². The minimum Gasteiger partial charge on any atom is -0.481 e. The molecule has 3 nitrogen and oxygen atoms in total. The number of hydrogen-bond acceptors (Lipinski definition) is 2. The van der Waals surface area contributed by atoms with Crippen LogP contribution in [0.1, 0.15) is 25.7 Å². The Morgan fingerprint density at radius 2 is 2.21 bits per heavy atom. The minimum absolute atomic E-state index is 0.0214. The highest BCUT2D eigenvalue weighted by Gasteiger charge is 2.66. The summed E-state index contributed by atoms with van der Waals surface area (Å²) in [7, 11) is 0. The molecule has 0 bridgehead atoms. The molecule has 0 heterocycles. The molecule has 2 unspecified atom stereocenters. The highest BCUT2D eigenvalue weighted by molar-refractivity contribution is 5.68. The van der Waals surface area contributed by atoms with Crippen LogP contribution in [0.4, 0.5) is 0 Å². The molecule has 3 rings (SSSR count). The van der Waals surface area contributed by atoms with E-state index in [0.29, 0.717) is 18.9 Å². The van der Waals surface area contributed by atoms with E-state index in [2.05, 4.69) is 0 Å². The van der Waals surface area contributed by atoms with Crippen molar-refractivity contribution in [3.8, 4) is 0 Å². The van der Waals surface area contributed by atoms with Gasteiger partial charge in [0.05, 0.1) is 6.42 Å². The molecule has 0 aromatic rings. The lowest BCUT2D eigenvalue weighted by atomic mass is 9.52. The van der Waals surface area contributed by atoms with E-state index >= 15 is 0 Å². The number of carboxylic acids is 1. The Labute approximate surface area is 83.7 Å². The first-order chi connectivity index (χ1) is 6.66. The summed E-state index contributed by atoms with van der Waals surface area (Å²) < 4.78 is 0. The third-order valence-electron chi connectivity index (χ3n) is 4.84. The van der Waals surface area contributed by atoms with Gasteiger partial charge < -0.3 is 10.8 Å². The minimum atomic E-state index is -0.669. The zero-order chi connectivity index (χ0) is 9.92. The second-order valence-electron chi connectivity index (χ2n) is 5.52. The van der Waals surface area contributed by atoms with Crippen molar-refractivity contribution < 1.29 is 9.90 Å². The van der Waals surface area contributed by atoms with Crippen molar-refractivity contribution in [3.63, 3.8) is 0 Å². The lowest BCUT2D eigenvalue weighted by Crippen LogP contribution is -2.52. The molecule has 3 saturated carbocycles. The number of aliphatic carboxylic acids is 1. The second-order valence-corrected chi connectivity index (χ2v) is 5.52. The normalized spacial score (nSPS) is 53.2. The molecule has 3 fully saturated rings. The number of nitrogens with two attached hydrogens (primary N) is 1. The van der Waals surface area contributed by atoms with Crippen molar-refractivity contribution in [2.75, 3.05) is 6.54 Å². The Balaban J connectivity index is 1.79. The van der Waals surface area contributed by atoms with Crippen LogP contribution in [0.2, 0.25) is 0 Å². The first-order valence-corrected chi connectivity index (χ1v) is 5.58. The van der Waals surface area contributed by atoms with Crippen LogP contribution in [0.15, 0.2) is 0 Å². The Morgan fingerprint density at radius 1 is 1.43 bits per heavy atom. The van der Waals surface area contributed by atoms with Gasteiger partial charge in [-0.05, 0) is 54.9 Å². The fraction of sp³-hybridized carbons (Fsp3) is 0.909. The van der Waals surface area contributed by atoms with Crippen molar-refractivity contribution in [2.24, 2.45) is 34.8 Å². The van der Waals surface area contributed by atoms with E-state index in [1.54, 1.807) is 0 Å². The van der Waals surface area contributed by atoms with Crippen LogP contribution in [0.25, 0.3) is 0 Å². The van der Waals surface area contributed by atoms with Gasteiger partial charge in [0, 0.05) is 0 Å². The van der Waals surface area contributed by atoms with E-state index in [-0.39, 0.29) is 5.41 Å². The van der Waals surface area contributed by atoms with Crippen LogP contribution in [-0.2, 0) is 4.79 Å². The molecule has 0 aromatic carbocycles. The number of hydrogen-bond donors (Lipinski definition) is 2. The molecule has 0 radical (unpaired) electrons. The van der Waals surface area contributed by atoms with Gasteiger partial charge in [-0.2, -0.15) is 0 Å². The summed E-state index contributed by atoms with van der Waals surface area (Å²) in [5.74, 6) is 2.59. The Bertz CT molecular complexity index is 289. The van der Waals surface area contributed by atoms with Crippen LogP contribution in [0, 0.1) is 29.1 Å². The average Bonchev–Trinajstić information content (AvgIpc) is 2.74. The second kappa shape index (κ2) is 2.51. The highest BCUT2D eigenvalue weighted by atomic mass is 16.4. The predicted molar refractivity (Wildman–Crippen MR) is 51.6 cm³/mol. The maximum atomic E-state index is 10.8. The highest BCUT2D eigenvalue weighted by Crippen LogP contribution is 2.72. The molecule has 3 aliphatic rings. The third-order valence-corrected chi connectivity index (χ3v) is 4.84. The van der Waals surface area contributed by atoms with E-state index in [4.69, 9.17) is 10.8 Å². The standard InChI is InChI=1S/C11H17NO2/c12-5-11(4-9(13)14)3-7-1-6-2-8(6)10(7)11/h6-8,10H,1-5,12H2,(H,13,14)/t6?,7-,8?,10+,11-/m1/s1. The summed E-state index contributed by atoms with van der Waals surface area (Å²) >= 11 is 0. The Hall–Kier alpha value is -0.570. The first-order valence-electron chi connectivity index (χ1n) is 5.58. The van der Waals surface area contributed by atoms with Crippen LogP contribution in [0.3, 0.4) is 0 Å². The van der Waals surface area contributed by atoms with Crippen LogP contribution >= 0.6 is 0 Å². The fourth-order valence-corrected chi connectivity index (χ4v) is 4.31. The summed E-state index contributed by atoms with van der Waals surface area (Å²) in [6, 6.07) is 0. The molecule has 0 spiro atoms. The maximum absolute atomic E-state index is 10.8. The molecule has 3 N–H and O–H groups in total. The topological polar surface area (TPSA) is 63.3 Å². The summed E-state index contributed by atoms with van der Waals surface area (Å²) in [5.41, 5.74) is 5.77. The van der Waals surface area contributed by atoms with Gasteiger partial charge in [-0.3, -0.25) is 4.79 Å². The largest absolute Gasteiger partial charge is 0.481 e. The van der Waals surface area contributed by atoms with Gasteiger partial charge in [0.2, 0.25) is 0 Å². The van der Waals surface area contributed by atoms with E-state index < -0.39 is 5.97 Å². The Kier molecular flexibility index (Phi) is 1.56. The van der Waals surface area contributed by atoms with Crippen molar-refractivity contribution in [3.05, 3.63) is 0 Å². The summed E-state index contributed by atoms with van der Waals surface area (Å²) in [6.45, 7) is 0.573. The van der Waals surface area contributed by atoms with Gasteiger partial charge in [-0.1, -0.05) is 0 Å². The molecule has 78 valence electrons. The molecule has 3 heteroatoms. The molecular formula is C11H17NO2. The molecular weight excluding hydrogens is 178 g/mol. The lowest BCUT2D eigenvalue weighted by molar-refractivity contribution is -0.146.